The van der Waals surface area contributed by atoms with Gasteiger partial charge in [0, 0.05) is 0 Å². The molecule has 0 atom stereocenters. The summed E-state index contributed by atoms with van der Waals surface area (Å²) in [6.45, 7) is 11.6. The summed E-state index contributed by atoms with van der Waals surface area (Å²) >= 11 is -2.84. The molecule has 2 rings (SSSR count). The van der Waals surface area contributed by atoms with Crippen LogP contribution >= 0.6 is 24.8 Å². The fourth-order valence-corrected chi connectivity index (χ4v) is 20.0. The molecular weight excluding hydrogens is 382 g/mol. The van der Waals surface area contributed by atoms with Gasteiger partial charge in [-0.05, 0) is 0 Å². The Morgan fingerprint density at radius 2 is 1.10 bits per heavy atom. The van der Waals surface area contributed by atoms with Crippen molar-refractivity contribution in [2.45, 2.75) is 49.8 Å². The average molecular weight is 411 g/mol. The minimum Gasteiger partial charge on any atom is -0.147 e. The van der Waals surface area contributed by atoms with Crippen LogP contribution in [-0.4, -0.2) is 6.88 Å². The first-order chi connectivity index (χ1) is 8.13. The molecule has 0 amide bonds. The first-order valence-electron chi connectivity index (χ1n) is 6.95. The summed E-state index contributed by atoms with van der Waals surface area (Å²) in [6, 6.07) is 0. The zero-order valence-electron chi connectivity index (χ0n) is 13.6. The third-order valence-corrected chi connectivity index (χ3v) is 22.7. The second kappa shape index (κ2) is 6.41. The fraction of sp³-hybridized carbons (Fsp3) is 0.500. The van der Waals surface area contributed by atoms with Gasteiger partial charge in [0.2, 0.25) is 0 Å². The Balaban J connectivity index is 0.00000180. The van der Waals surface area contributed by atoms with E-state index in [9.17, 15) is 0 Å². The van der Waals surface area contributed by atoms with E-state index >= 15 is 0 Å². The second-order valence-corrected chi connectivity index (χ2v) is 35.8. The Morgan fingerprint density at radius 1 is 0.800 bits per heavy atom. The Kier molecular flexibility index (Phi) is 6.61. The van der Waals surface area contributed by atoms with E-state index in [-0.39, 0.29) is 24.8 Å². The van der Waals surface area contributed by atoms with Crippen LogP contribution in [-0.2, 0) is 17.4 Å². The molecule has 0 radical (unpaired) electrons. The van der Waals surface area contributed by atoms with Crippen molar-refractivity contribution in [2.24, 2.45) is 0 Å². The normalized spacial score (nSPS) is 19.6. The van der Waals surface area contributed by atoms with Crippen molar-refractivity contribution in [3.8, 4) is 0 Å². The Bertz CT molecular complexity index is 564. The zero-order valence-corrected chi connectivity index (χ0v) is 19.1. The SMILES string of the molecule is CC1=CC[C]([Zr]([CH3])([CH3])(=[SiH2])[C]2=C(C)C(C)=CC2)=C1C.Cl.Cl. The van der Waals surface area contributed by atoms with Crippen LogP contribution in [0.3, 0.4) is 0 Å². The molecule has 0 fully saturated rings. The first kappa shape index (κ1) is 20.6. The maximum absolute atomic E-state index is 2.84. The monoisotopic (exact) mass is 408 g/mol. The molecule has 4 heteroatoms. The van der Waals surface area contributed by atoms with Crippen molar-refractivity contribution < 1.29 is 17.4 Å². The molecule has 0 aliphatic heterocycles. The van der Waals surface area contributed by atoms with Crippen LogP contribution in [0, 0.1) is 0 Å². The summed E-state index contributed by atoms with van der Waals surface area (Å²) in [4.78, 5) is 0. The van der Waals surface area contributed by atoms with Gasteiger partial charge >= 0.3 is 115 Å². The Morgan fingerprint density at radius 3 is 1.30 bits per heavy atom. The third-order valence-electron chi connectivity index (χ3n) is 5.25. The topological polar surface area (TPSA) is 0 Å². The van der Waals surface area contributed by atoms with Crippen molar-refractivity contribution in [3.63, 3.8) is 0 Å². The molecule has 0 aromatic carbocycles. The predicted octanol–water partition coefficient (Wildman–Crippen LogP) is 5.41. The van der Waals surface area contributed by atoms with E-state index in [1.54, 1.807) is 11.1 Å². The minimum absolute atomic E-state index is 0. The van der Waals surface area contributed by atoms with E-state index in [1.165, 1.54) is 24.0 Å². The Hall–Kier alpha value is 0.640. The van der Waals surface area contributed by atoms with E-state index in [4.69, 9.17) is 0 Å². The summed E-state index contributed by atoms with van der Waals surface area (Å²) in [5.41, 5.74) is 6.24. The molecule has 0 unspecified atom stereocenters. The van der Waals surface area contributed by atoms with E-state index in [2.05, 4.69) is 56.0 Å². The molecule has 0 spiro atoms. The van der Waals surface area contributed by atoms with E-state index in [0.717, 1.165) is 0 Å². The van der Waals surface area contributed by atoms with Crippen molar-refractivity contribution >= 4 is 31.7 Å². The van der Waals surface area contributed by atoms with Gasteiger partial charge in [0.25, 0.3) is 0 Å². The van der Waals surface area contributed by atoms with Crippen LogP contribution < -0.4 is 0 Å². The van der Waals surface area contributed by atoms with Gasteiger partial charge in [-0.15, -0.1) is 24.8 Å². The molecule has 2 aliphatic carbocycles. The smallest absolute Gasteiger partial charge is 0.147 e. The summed E-state index contributed by atoms with van der Waals surface area (Å²) in [7, 11) is 0. The molecule has 0 N–H and O–H groups in total. The molecule has 114 valence electrons. The molecule has 0 bridgehead atoms. The number of allylic oxidation sites excluding steroid dienone is 8. The van der Waals surface area contributed by atoms with Crippen molar-refractivity contribution in [2.75, 3.05) is 0 Å². The van der Waals surface area contributed by atoms with Crippen LogP contribution in [0.1, 0.15) is 40.5 Å². The fourth-order valence-electron chi connectivity index (χ4n) is 3.64. The predicted molar refractivity (Wildman–Crippen MR) is 96.9 cm³/mol. The number of hydrogen-bond acceptors (Lipinski definition) is 0. The molecule has 0 nitrogen and oxygen atoms in total. The second-order valence-electron chi connectivity index (χ2n) is 7.08. The van der Waals surface area contributed by atoms with Gasteiger partial charge in [-0.2, -0.15) is 0 Å². The van der Waals surface area contributed by atoms with Gasteiger partial charge in [-0.3, -0.25) is 0 Å². The third kappa shape index (κ3) is 3.19. The van der Waals surface area contributed by atoms with Crippen LogP contribution in [0.2, 0.25) is 9.26 Å². The van der Waals surface area contributed by atoms with Gasteiger partial charge in [-0.1, -0.05) is 0 Å². The van der Waals surface area contributed by atoms with Gasteiger partial charge < -0.3 is 0 Å². The molecular formula is C16H28Cl2SiZr. The van der Waals surface area contributed by atoms with Gasteiger partial charge in [0.05, 0.1) is 0 Å². The molecule has 20 heavy (non-hydrogen) atoms. The molecule has 0 heterocycles. The van der Waals surface area contributed by atoms with Crippen molar-refractivity contribution in [1.82, 2.24) is 0 Å². The maximum atomic E-state index is 2.64. The van der Waals surface area contributed by atoms with E-state index in [0.29, 0.717) is 0 Å². The molecule has 0 saturated carbocycles. The van der Waals surface area contributed by atoms with Crippen LogP contribution in [0.15, 0.2) is 41.0 Å². The van der Waals surface area contributed by atoms with E-state index < -0.39 is 17.4 Å². The maximum Gasteiger partial charge on any atom is -0.147 e. The first-order valence-corrected chi connectivity index (χ1v) is 20.3. The summed E-state index contributed by atoms with van der Waals surface area (Å²) in [5, 5.41) is 0. The molecule has 0 saturated heterocycles. The molecule has 2 aliphatic rings. The molecule has 0 aromatic heterocycles. The van der Waals surface area contributed by atoms with Crippen molar-refractivity contribution in [3.05, 3.63) is 41.0 Å². The largest absolute Gasteiger partial charge is 0.147 e. The van der Waals surface area contributed by atoms with Gasteiger partial charge in [-0.25, -0.2) is 0 Å². The van der Waals surface area contributed by atoms with E-state index in [1.807, 2.05) is 6.56 Å². The number of halogens is 2. The number of rotatable bonds is 2. The molecule has 0 aromatic rings. The van der Waals surface area contributed by atoms with Crippen LogP contribution in [0.25, 0.3) is 0 Å². The number of hydrogen-bond donors (Lipinski definition) is 0. The summed E-state index contributed by atoms with van der Waals surface area (Å²) in [6.07, 6.45) is 7.30. The van der Waals surface area contributed by atoms with Crippen LogP contribution in [0.5, 0.6) is 0 Å². The standard InChI is InChI=1S/2C7H9.2CH3.2ClH.H2Si.Zr/c2*1-6-4-3-5-7(6)2;;;;;;/h2*4H,3H2,1-2H3;2*1H3;2*1H;1H2;. The Labute approximate surface area is 139 Å². The van der Waals surface area contributed by atoms with Crippen LogP contribution in [0.4, 0.5) is 0 Å². The quantitative estimate of drug-likeness (QED) is 0.534. The minimum atomic E-state index is -2.84. The zero-order chi connectivity index (χ0) is 13.7. The van der Waals surface area contributed by atoms with Crippen molar-refractivity contribution in [1.29, 1.82) is 0 Å². The van der Waals surface area contributed by atoms with Gasteiger partial charge in [0.1, 0.15) is 0 Å². The summed E-state index contributed by atoms with van der Waals surface area (Å²) in [5.74, 6) is 0. The summed E-state index contributed by atoms with van der Waals surface area (Å²) < 4.78 is 8.92. The average Bonchev–Trinajstić information content (AvgIpc) is 2.74. The van der Waals surface area contributed by atoms with Gasteiger partial charge in [0.15, 0.2) is 0 Å².